The van der Waals surface area contributed by atoms with Crippen molar-refractivity contribution in [1.82, 2.24) is 0 Å². The number of alkyl halides is 1. The van der Waals surface area contributed by atoms with Crippen LogP contribution >= 0.6 is 15.9 Å². The van der Waals surface area contributed by atoms with Crippen molar-refractivity contribution in [3.05, 3.63) is 12.3 Å². The summed E-state index contributed by atoms with van der Waals surface area (Å²) in [6.45, 7) is 2.24. The largest absolute Gasteiger partial charge is 0.0891 e. The van der Waals surface area contributed by atoms with Crippen LogP contribution in [-0.4, -0.2) is 4.83 Å². The Morgan fingerprint density at radius 2 is 2.09 bits per heavy atom. The topological polar surface area (TPSA) is 0 Å². The molecule has 1 aliphatic carbocycles. The van der Waals surface area contributed by atoms with Gasteiger partial charge in [-0.2, -0.15) is 0 Å². The third kappa shape index (κ3) is 3.59. The SMILES string of the molecule is CCC(Br)C[C]1CC[CH]CC1. The second-order valence-electron chi connectivity index (χ2n) is 3.33. The van der Waals surface area contributed by atoms with Crippen LogP contribution < -0.4 is 0 Å². The molecule has 0 N–H and O–H groups in total. The summed E-state index contributed by atoms with van der Waals surface area (Å²) < 4.78 is 0. The molecule has 11 heavy (non-hydrogen) atoms. The normalized spacial score (nSPS) is 23.5. The average Bonchev–Trinajstić information content (AvgIpc) is 2.06. The summed E-state index contributed by atoms with van der Waals surface area (Å²) in [6.07, 6.45) is 10.3. The van der Waals surface area contributed by atoms with Gasteiger partial charge in [-0.1, -0.05) is 22.9 Å². The number of rotatable bonds is 3. The van der Waals surface area contributed by atoms with Crippen LogP contribution in [0.4, 0.5) is 0 Å². The van der Waals surface area contributed by atoms with Crippen molar-refractivity contribution in [1.29, 1.82) is 0 Å². The highest BCUT2D eigenvalue weighted by atomic mass is 79.9. The van der Waals surface area contributed by atoms with Crippen LogP contribution in [0.1, 0.15) is 45.4 Å². The third-order valence-electron chi connectivity index (χ3n) is 2.36. The van der Waals surface area contributed by atoms with E-state index in [4.69, 9.17) is 0 Å². The van der Waals surface area contributed by atoms with Gasteiger partial charge in [0, 0.05) is 4.83 Å². The second-order valence-corrected chi connectivity index (χ2v) is 4.62. The van der Waals surface area contributed by atoms with Crippen molar-refractivity contribution in [2.45, 2.75) is 50.3 Å². The van der Waals surface area contributed by atoms with Crippen molar-refractivity contribution < 1.29 is 0 Å². The van der Waals surface area contributed by atoms with Gasteiger partial charge in [0.25, 0.3) is 0 Å². The maximum atomic E-state index is 3.68. The van der Waals surface area contributed by atoms with Gasteiger partial charge < -0.3 is 0 Å². The van der Waals surface area contributed by atoms with Crippen molar-refractivity contribution in [3.8, 4) is 0 Å². The zero-order chi connectivity index (χ0) is 8.10. The second kappa shape index (κ2) is 5.18. The highest BCUT2D eigenvalue weighted by Crippen LogP contribution is 2.31. The molecule has 0 amide bonds. The molecule has 0 saturated heterocycles. The van der Waals surface area contributed by atoms with Gasteiger partial charge in [-0.25, -0.2) is 0 Å². The standard InChI is InChI=1S/C10H17Br/c1-2-10(11)8-9-6-4-3-5-7-9/h3,10H,2,4-8H2,1H3. The van der Waals surface area contributed by atoms with Crippen LogP contribution in [0.2, 0.25) is 0 Å². The Hall–Kier alpha value is 0.480. The van der Waals surface area contributed by atoms with Crippen LogP contribution in [-0.2, 0) is 0 Å². The van der Waals surface area contributed by atoms with Gasteiger partial charge >= 0.3 is 0 Å². The molecular formula is C10H17Br. The molecule has 0 nitrogen and oxygen atoms in total. The summed E-state index contributed by atoms with van der Waals surface area (Å²) in [5.41, 5.74) is 0. The summed E-state index contributed by atoms with van der Waals surface area (Å²) in [5, 5.41) is 0. The molecule has 1 atom stereocenters. The maximum absolute atomic E-state index is 3.68. The molecule has 1 heteroatoms. The predicted octanol–water partition coefficient (Wildman–Crippen LogP) is 3.90. The molecule has 1 saturated carbocycles. The minimum Gasteiger partial charge on any atom is -0.0891 e. The third-order valence-corrected chi connectivity index (χ3v) is 3.33. The van der Waals surface area contributed by atoms with E-state index in [1.807, 2.05) is 0 Å². The smallest absolute Gasteiger partial charge is 0.0148 e. The first-order valence-corrected chi connectivity index (χ1v) is 5.53. The van der Waals surface area contributed by atoms with E-state index in [9.17, 15) is 0 Å². The van der Waals surface area contributed by atoms with Gasteiger partial charge in [-0.05, 0) is 50.9 Å². The first kappa shape index (κ1) is 9.57. The summed E-state index contributed by atoms with van der Waals surface area (Å²) in [7, 11) is 0. The lowest BCUT2D eigenvalue weighted by atomic mass is 9.86. The first-order chi connectivity index (χ1) is 5.33. The maximum Gasteiger partial charge on any atom is 0.0148 e. The molecular weight excluding hydrogens is 200 g/mol. The van der Waals surface area contributed by atoms with Crippen LogP contribution in [0, 0.1) is 12.3 Å². The van der Waals surface area contributed by atoms with Crippen molar-refractivity contribution in [3.63, 3.8) is 0 Å². The zero-order valence-electron chi connectivity index (χ0n) is 7.28. The number of hydrogen-bond acceptors (Lipinski definition) is 0. The minimum absolute atomic E-state index is 0.732. The Bertz CT molecular complexity index is 95.0. The molecule has 0 spiro atoms. The summed E-state index contributed by atoms with van der Waals surface area (Å²) in [5.74, 6) is 1.77. The monoisotopic (exact) mass is 216 g/mol. The Kier molecular flexibility index (Phi) is 4.51. The molecule has 0 aliphatic heterocycles. The molecule has 1 unspecified atom stereocenters. The van der Waals surface area contributed by atoms with Crippen LogP contribution in [0.3, 0.4) is 0 Å². The molecule has 2 radical (unpaired) electrons. The fraction of sp³-hybridized carbons (Fsp3) is 0.800. The quantitative estimate of drug-likeness (QED) is 0.629. The highest BCUT2D eigenvalue weighted by molar-refractivity contribution is 9.09. The molecule has 0 aromatic rings. The van der Waals surface area contributed by atoms with Crippen LogP contribution in [0.5, 0.6) is 0 Å². The van der Waals surface area contributed by atoms with Gasteiger partial charge in [-0.15, -0.1) is 0 Å². The van der Waals surface area contributed by atoms with Gasteiger partial charge in [-0.3, -0.25) is 0 Å². The lowest BCUT2D eigenvalue weighted by Gasteiger charge is -2.22. The van der Waals surface area contributed by atoms with Crippen LogP contribution in [0.25, 0.3) is 0 Å². The Balaban J connectivity index is 2.13. The van der Waals surface area contributed by atoms with Gasteiger partial charge in [0.15, 0.2) is 0 Å². The molecule has 0 bridgehead atoms. The molecule has 1 aliphatic rings. The van der Waals surface area contributed by atoms with E-state index in [0.29, 0.717) is 0 Å². The highest BCUT2D eigenvalue weighted by Gasteiger charge is 2.16. The molecule has 1 rings (SSSR count). The Labute approximate surface area is 78.9 Å². The molecule has 1 fully saturated rings. The van der Waals surface area contributed by atoms with E-state index < -0.39 is 0 Å². The first-order valence-electron chi connectivity index (χ1n) is 4.62. The molecule has 0 aromatic carbocycles. The van der Waals surface area contributed by atoms with Gasteiger partial charge in [0.2, 0.25) is 0 Å². The zero-order valence-corrected chi connectivity index (χ0v) is 8.86. The van der Waals surface area contributed by atoms with E-state index >= 15 is 0 Å². The van der Waals surface area contributed by atoms with Crippen molar-refractivity contribution >= 4 is 15.9 Å². The van der Waals surface area contributed by atoms with E-state index in [-0.39, 0.29) is 0 Å². The average molecular weight is 217 g/mol. The van der Waals surface area contributed by atoms with E-state index in [1.54, 1.807) is 5.92 Å². The van der Waals surface area contributed by atoms with Crippen molar-refractivity contribution in [2.75, 3.05) is 0 Å². The van der Waals surface area contributed by atoms with E-state index in [0.717, 1.165) is 4.83 Å². The van der Waals surface area contributed by atoms with Gasteiger partial charge in [0.05, 0.1) is 0 Å². The van der Waals surface area contributed by atoms with E-state index in [2.05, 4.69) is 29.3 Å². The van der Waals surface area contributed by atoms with E-state index in [1.165, 1.54) is 38.5 Å². The summed E-state index contributed by atoms with van der Waals surface area (Å²) in [4.78, 5) is 0.732. The lowest BCUT2D eigenvalue weighted by Crippen LogP contribution is -2.09. The van der Waals surface area contributed by atoms with Gasteiger partial charge in [0.1, 0.15) is 0 Å². The molecule has 64 valence electrons. The predicted molar refractivity (Wildman–Crippen MR) is 53.6 cm³/mol. The number of halogens is 1. The number of hydrogen-bond donors (Lipinski definition) is 0. The van der Waals surface area contributed by atoms with Crippen LogP contribution in [0.15, 0.2) is 0 Å². The summed E-state index contributed by atoms with van der Waals surface area (Å²) in [6, 6.07) is 0. The fourth-order valence-electron chi connectivity index (χ4n) is 1.54. The minimum atomic E-state index is 0.732. The Morgan fingerprint density at radius 1 is 1.45 bits per heavy atom. The molecule has 0 aromatic heterocycles. The molecule has 0 heterocycles. The van der Waals surface area contributed by atoms with Crippen molar-refractivity contribution in [2.24, 2.45) is 0 Å². The Morgan fingerprint density at radius 3 is 2.64 bits per heavy atom. The lowest BCUT2D eigenvalue weighted by molar-refractivity contribution is 0.570. The summed E-state index contributed by atoms with van der Waals surface area (Å²) >= 11 is 3.68. The fourth-order valence-corrected chi connectivity index (χ4v) is 2.00.